The van der Waals surface area contributed by atoms with Crippen molar-refractivity contribution in [3.63, 3.8) is 0 Å². The SMILES string of the molecule is CCc1cccc(N(C(=O)c2cc([N+](=O)[O-])cc(S(C)(=O)=O)c2)[C@H]2C[C@H]3CC[C@H]2C3)c1. The summed E-state index contributed by atoms with van der Waals surface area (Å²) in [6.07, 6.45) is 6.04. The Labute approximate surface area is 182 Å². The average Bonchev–Trinajstić information content (AvgIpc) is 3.36. The molecule has 0 saturated heterocycles. The van der Waals surface area contributed by atoms with Gasteiger partial charge in [-0.05, 0) is 61.3 Å². The van der Waals surface area contributed by atoms with Gasteiger partial charge < -0.3 is 4.90 Å². The van der Waals surface area contributed by atoms with Gasteiger partial charge in [0, 0.05) is 35.7 Å². The highest BCUT2D eigenvalue weighted by molar-refractivity contribution is 7.90. The van der Waals surface area contributed by atoms with Crippen LogP contribution in [-0.2, 0) is 16.3 Å². The van der Waals surface area contributed by atoms with Crippen molar-refractivity contribution in [3.05, 3.63) is 63.7 Å². The Hall–Kier alpha value is -2.74. The highest BCUT2D eigenvalue weighted by Gasteiger charge is 2.44. The van der Waals surface area contributed by atoms with Crippen LogP contribution >= 0.6 is 0 Å². The predicted molar refractivity (Wildman–Crippen MR) is 118 cm³/mol. The third-order valence-electron chi connectivity index (χ3n) is 6.63. The van der Waals surface area contributed by atoms with E-state index in [0.29, 0.717) is 11.8 Å². The fourth-order valence-electron chi connectivity index (χ4n) is 5.08. The Morgan fingerprint density at radius 3 is 2.52 bits per heavy atom. The molecule has 4 rings (SSSR count). The molecule has 0 unspecified atom stereocenters. The van der Waals surface area contributed by atoms with E-state index in [1.807, 2.05) is 31.2 Å². The summed E-state index contributed by atoms with van der Waals surface area (Å²) in [5.41, 5.74) is 1.48. The van der Waals surface area contributed by atoms with Crippen molar-refractivity contribution in [1.82, 2.24) is 0 Å². The average molecular weight is 443 g/mol. The number of sulfone groups is 1. The molecule has 8 heteroatoms. The first kappa shape index (κ1) is 21.5. The molecule has 2 saturated carbocycles. The van der Waals surface area contributed by atoms with Gasteiger partial charge >= 0.3 is 0 Å². The number of fused-ring (bicyclic) bond motifs is 2. The number of aryl methyl sites for hydroxylation is 1. The molecule has 7 nitrogen and oxygen atoms in total. The lowest BCUT2D eigenvalue weighted by Crippen LogP contribution is -2.43. The number of non-ortho nitro benzene ring substituents is 1. The van der Waals surface area contributed by atoms with Gasteiger partial charge in [0.15, 0.2) is 9.84 Å². The topological polar surface area (TPSA) is 97.6 Å². The molecule has 0 radical (unpaired) electrons. The summed E-state index contributed by atoms with van der Waals surface area (Å²) in [6.45, 7) is 2.04. The van der Waals surface area contributed by atoms with Gasteiger partial charge in [-0.25, -0.2) is 8.42 Å². The third kappa shape index (κ3) is 4.21. The van der Waals surface area contributed by atoms with E-state index in [-0.39, 0.29) is 22.4 Å². The van der Waals surface area contributed by atoms with Crippen molar-refractivity contribution in [2.24, 2.45) is 11.8 Å². The number of nitrogens with zero attached hydrogens (tertiary/aromatic N) is 2. The largest absolute Gasteiger partial charge is 0.305 e. The zero-order valence-electron chi connectivity index (χ0n) is 17.7. The molecule has 1 amide bonds. The lowest BCUT2D eigenvalue weighted by molar-refractivity contribution is -0.385. The highest BCUT2D eigenvalue weighted by Crippen LogP contribution is 2.48. The van der Waals surface area contributed by atoms with E-state index in [1.165, 1.54) is 18.6 Å². The van der Waals surface area contributed by atoms with Crippen molar-refractivity contribution < 1.29 is 18.1 Å². The second kappa shape index (κ2) is 8.07. The summed E-state index contributed by atoms with van der Waals surface area (Å²) >= 11 is 0. The summed E-state index contributed by atoms with van der Waals surface area (Å²) in [7, 11) is -3.72. The zero-order chi connectivity index (χ0) is 22.3. The second-order valence-corrected chi connectivity index (χ2v) is 10.7. The number of amides is 1. The van der Waals surface area contributed by atoms with Crippen LogP contribution in [0.15, 0.2) is 47.4 Å². The molecule has 0 heterocycles. The minimum Gasteiger partial charge on any atom is -0.305 e. The van der Waals surface area contributed by atoms with E-state index in [1.54, 1.807) is 4.90 Å². The number of nitro benzene ring substituents is 1. The molecule has 2 bridgehead atoms. The first-order valence-electron chi connectivity index (χ1n) is 10.6. The van der Waals surface area contributed by atoms with E-state index in [9.17, 15) is 23.3 Å². The molecular weight excluding hydrogens is 416 g/mol. The minimum atomic E-state index is -3.72. The van der Waals surface area contributed by atoms with Gasteiger partial charge in [0.25, 0.3) is 11.6 Å². The fourth-order valence-corrected chi connectivity index (χ4v) is 5.75. The Bertz CT molecular complexity index is 1140. The molecule has 2 aliphatic rings. The van der Waals surface area contributed by atoms with E-state index in [4.69, 9.17) is 0 Å². The van der Waals surface area contributed by atoms with Gasteiger partial charge in [0.1, 0.15) is 0 Å². The van der Waals surface area contributed by atoms with Crippen molar-refractivity contribution in [2.75, 3.05) is 11.2 Å². The minimum absolute atomic E-state index is 0.0132. The molecular formula is C23H26N2O5S. The molecule has 164 valence electrons. The second-order valence-electron chi connectivity index (χ2n) is 8.69. The number of benzene rings is 2. The van der Waals surface area contributed by atoms with Crippen molar-refractivity contribution in [2.45, 2.75) is 50.0 Å². The smallest absolute Gasteiger partial charge is 0.271 e. The van der Waals surface area contributed by atoms with Crippen LogP contribution in [0.3, 0.4) is 0 Å². The molecule has 0 aliphatic heterocycles. The molecule has 31 heavy (non-hydrogen) atoms. The zero-order valence-corrected chi connectivity index (χ0v) is 18.5. The Balaban J connectivity index is 1.83. The van der Waals surface area contributed by atoms with Crippen molar-refractivity contribution >= 4 is 27.1 Å². The highest BCUT2D eigenvalue weighted by atomic mass is 32.2. The maximum Gasteiger partial charge on any atom is 0.271 e. The van der Waals surface area contributed by atoms with Crippen LogP contribution in [0.1, 0.15) is 48.5 Å². The van der Waals surface area contributed by atoms with Gasteiger partial charge in [-0.2, -0.15) is 0 Å². The standard InChI is InChI=1S/C23H26N2O5S/c1-3-15-5-4-6-19(10-15)24(22-11-16-7-8-17(22)9-16)23(26)18-12-20(25(27)28)14-21(13-18)31(2,29)30/h4-6,10,12-14,16-17,22H,3,7-9,11H2,1-2H3/t16-,17-,22-/m0/s1. The molecule has 2 fully saturated rings. The van der Waals surface area contributed by atoms with Crippen molar-refractivity contribution in [1.29, 1.82) is 0 Å². The number of nitro groups is 1. The number of hydrogen-bond donors (Lipinski definition) is 0. The number of rotatable bonds is 6. The number of hydrogen-bond acceptors (Lipinski definition) is 5. The van der Waals surface area contributed by atoms with Gasteiger partial charge in [-0.1, -0.05) is 25.5 Å². The molecule has 0 spiro atoms. The van der Waals surface area contributed by atoms with Crippen molar-refractivity contribution in [3.8, 4) is 0 Å². The van der Waals surface area contributed by atoms with Crippen LogP contribution in [0.5, 0.6) is 0 Å². The normalized spacial score (nSPS) is 22.5. The van der Waals surface area contributed by atoms with E-state index < -0.39 is 20.4 Å². The molecule has 2 aliphatic carbocycles. The molecule has 2 aromatic carbocycles. The lowest BCUT2D eigenvalue weighted by atomic mass is 9.92. The van der Waals surface area contributed by atoms with Gasteiger partial charge in [0.05, 0.1) is 9.82 Å². The van der Waals surface area contributed by atoms with Crippen LogP contribution in [0, 0.1) is 22.0 Å². The first-order chi connectivity index (χ1) is 14.7. The maximum atomic E-state index is 13.8. The van der Waals surface area contributed by atoms with E-state index in [2.05, 4.69) is 0 Å². The lowest BCUT2D eigenvalue weighted by Gasteiger charge is -2.35. The van der Waals surface area contributed by atoms with Crippen LogP contribution < -0.4 is 4.90 Å². The third-order valence-corrected chi connectivity index (χ3v) is 7.72. The summed E-state index contributed by atoms with van der Waals surface area (Å²) in [4.78, 5) is 26.1. The monoisotopic (exact) mass is 442 g/mol. The summed E-state index contributed by atoms with van der Waals surface area (Å²) in [6, 6.07) is 11.2. The van der Waals surface area contributed by atoms with Gasteiger partial charge in [-0.3, -0.25) is 14.9 Å². The Kier molecular flexibility index (Phi) is 5.60. The Morgan fingerprint density at radius 1 is 1.16 bits per heavy atom. The number of carbonyl (C=O) groups excluding carboxylic acids is 1. The summed E-state index contributed by atoms with van der Waals surface area (Å²) in [5, 5.41) is 11.4. The fraction of sp³-hybridized carbons (Fsp3) is 0.435. The summed E-state index contributed by atoms with van der Waals surface area (Å²) < 4.78 is 24.2. The Morgan fingerprint density at radius 2 is 1.94 bits per heavy atom. The van der Waals surface area contributed by atoms with E-state index >= 15 is 0 Å². The predicted octanol–water partition coefficient (Wildman–Crippen LogP) is 4.40. The number of carbonyl (C=O) groups is 1. The molecule has 3 atom stereocenters. The van der Waals surface area contributed by atoms with Crippen LogP contribution in [0.2, 0.25) is 0 Å². The molecule has 0 aromatic heterocycles. The van der Waals surface area contributed by atoms with Crippen LogP contribution in [-0.4, -0.2) is 31.5 Å². The van der Waals surface area contributed by atoms with Crippen LogP contribution in [0.4, 0.5) is 11.4 Å². The van der Waals surface area contributed by atoms with E-state index in [0.717, 1.165) is 49.3 Å². The molecule has 0 N–H and O–H groups in total. The maximum absolute atomic E-state index is 13.8. The summed E-state index contributed by atoms with van der Waals surface area (Å²) in [5.74, 6) is 0.600. The quantitative estimate of drug-likeness (QED) is 0.488. The number of anilines is 1. The van der Waals surface area contributed by atoms with Crippen LogP contribution in [0.25, 0.3) is 0 Å². The van der Waals surface area contributed by atoms with Gasteiger partial charge in [-0.15, -0.1) is 0 Å². The molecule has 2 aromatic rings. The first-order valence-corrected chi connectivity index (χ1v) is 12.5. The van der Waals surface area contributed by atoms with Gasteiger partial charge in [0.2, 0.25) is 0 Å².